The van der Waals surface area contributed by atoms with Gasteiger partial charge in [0.25, 0.3) is 0 Å². The maximum absolute atomic E-state index is 5.54. The van der Waals surface area contributed by atoms with Gasteiger partial charge in [0.2, 0.25) is 0 Å². The molecule has 0 heterocycles. The van der Waals surface area contributed by atoms with E-state index in [1.807, 2.05) is 0 Å². The van der Waals surface area contributed by atoms with E-state index in [1.165, 1.54) is 0 Å². The van der Waals surface area contributed by atoms with E-state index in [2.05, 4.69) is 11.8 Å². The normalized spacial score (nSPS) is 13.3. The average molecular weight is 232 g/mol. The Balaban J connectivity index is 3.86. The minimum absolute atomic E-state index is 0.579. The molecule has 16 heavy (non-hydrogen) atoms. The molecule has 0 fully saturated rings. The minimum atomic E-state index is 0.579. The van der Waals surface area contributed by atoms with Gasteiger partial charge >= 0.3 is 0 Å². The molecule has 0 bridgehead atoms. The van der Waals surface area contributed by atoms with E-state index in [-0.39, 0.29) is 0 Å². The summed E-state index contributed by atoms with van der Waals surface area (Å²) in [5.74, 6) is 0. The van der Waals surface area contributed by atoms with Crippen LogP contribution >= 0.6 is 0 Å². The van der Waals surface area contributed by atoms with Crippen molar-refractivity contribution in [3.05, 3.63) is 0 Å². The molecule has 98 valence electrons. The van der Waals surface area contributed by atoms with Gasteiger partial charge in [0.05, 0.1) is 6.61 Å². The number of nitrogens with two attached hydrogens (primary N) is 1. The summed E-state index contributed by atoms with van der Waals surface area (Å²) in [7, 11) is 3.50. The maximum Gasteiger partial charge on any atom is 0.0589 e. The number of nitrogens with zero attached hydrogens (tertiary/aromatic N) is 1. The van der Waals surface area contributed by atoms with E-state index >= 15 is 0 Å². The monoisotopic (exact) mass is 232 g/mol. The Labute approximate surface area is 100 Å². The molecule has 0 saturated carbocycles. The molecule has 1 unspecified atom stereocenters. The Morgan fingerprint density at radius 2 is 1.75 bits per heavy atom. The first-order chi connectivity index (χ1) is 7.76. The third-order valence-electron chi connectivity index (χ3n) is 2.83. The Morgan fingerprint density at radius 3 is 2.31 bits per heavy atom. The quantitative estimate of drug-likeness (QED) is 0.542. The molecule has 0 saturated heterocycles. The van der Waals surface area contributed by atoms with Gasteiger partial charge < -0.3 is 15.2 Å². The molecule has 4 heteroatoms. The Bertz CT molecular complexity index is 145. The van der Waals surface area contributed by atoms with Crippen LogP contribution in [0, 0.1) is 0 Å². The molecule has 0 aliphatic rings. The average Bonchev–Trinajstić information content (AvgIpc) is 2.30. The predicted molar refractivity (Wildman–Crippen MR) is 67.7 cm³/mol. The lowest BCUT2D eigenvalue weighted by Crippen LogP contribution is -2.37. The molecule has 0 aromatic carbocycles. The van der Waals surface area contributed by atoms with Crippen LogP contribution in [-0.2, 0) is 9.47 Å². The second kappa shape index (κ2) is 11.3. The third-order valence-corrected chi connectivity index (χ3v) is 2.83. The lowest BCUT2D eigenvalue weighted by Gasteiger charge is -2.28. The summed E-state index contributed by atoms with van der Waals surface area (Å²) >= 11 is 0. The fraction of sp³-hybridized carbons (Fsp3) is 1.00. The van der Waals surface area contributed by atoms with Gasteiger partial charge in [-0.1, -0.05) is 0 Å². The number of rotatable bonds is 11. The number of hydrogen-bond donors (Lipinski definition) is 1. The van der Waals surface area contributed by atoms with Crippen molar-refractivity contribution in [2.45, 2.75) is 32.2 Å². The van der Waals surface area contributed by atoms with Crippen LogP contribution in [0.5, 0.6) is 0 Å². The van der Waals surface area contributed by atoms with Crippen LogP contribution in [0.15, 0.2) is 0 Å². The van der Waals surface area contributed by atoms with Crippen molar-refractivity contribution in [1.29, 1.82) is 0 Å². The topological polar surface area (TPSA) is 47.7 Å². The fourth-order valence-corrected chi connectivity index (χ4v) is 1.77. The summed E-state index contributed by atoms with van der Waals surface area (Å²) in [6, 6.07) is 0.579. The lowest BCUT2D eigenvalue weighted by atomic mass is 10.1. The molecule has 0 aromatic heterocycles. The zero-order chi connectivity index (χ0) is 12.2. The molecule has 1 atom stereocenters. The van der Waals surface area contributed by atoms with Crippen molar-refractivity contribution >= 4 is 0 Å². The van der Waals surface area contributed by atoms with Gasteiger partial charge in [-0.25, -0.2) is 0 Å². The Morgan fingerprint density at radius 1 is 1.06 bits per heavy atom. The molecule has 0 radical (unpaired) electrons. The SMILES string of the molecule is COCCCN(CCOC)C(C)CCCN. The summed E-state index contributed by atoms with van der Waals surface area (Å²) in [6.45, 7) is 6.72. The van der Waals surface area contributed by atoms with E-state index in [9.17, 15) is 0 Å². The van der Waals surface area contributed by atoms with Gasteiger partial charge in [0, 0.05) is 40.0 Å². The molecule has 2 N–H and O–H groups in total. The standard InChI is InChI=1S/C12H28N2O2/c1-12(6-4-7-13)14(9-11-16-3)8-5-10-15-2/h12H,4-11,13H2,1-3H3. The summed E-state index contributed by atoms with van der Waals surface area (Å²) < 4.78 is 10.2. The molecule has 4 nitrogen and oxygen atoms in total. The molecule has 0 aromatic rings. The van der Waals surface area contributed by atoms with Gasteiger partial charge in [0.1, 0.15) is 0 Å². The van der Waals surface area contributed by atoms with Crippen LogP contribution in [0.2, 0.25) is 0 Å². The first-order valence-corrected chi connectivity index (χ1v) is 6.18. The first-order valence-electron chi connectivity index (χ1n) is 6.18. The molecule has 0 rings (SSSR count). The Hall–Kier alpha value is -0.160. The molecular weight excluding hydrogens is 204 g/mol. The highest BCUT2D eigenvalue weighted by Crippen LogP contribution is 2.07. The highest BCUT2D eigenvalue weighted by Gasteiger charge is 2.12. The van der Waals surface area contributed by atoms with E-state index in [1.54, 1.807) is 14.2 Å². The van der Waals surface area contributed by atoms with Crippen LogP contribution < -0.4 is 5.73 Å². The molecule has 0 aliphatic heterocycles. The fourth-order valence-electron chi connectivity index (χ4n) is 1.77. The maximum atomic E-state index is 5.54. The van der Waals surface area contributed by atoms with Gasteiger partial charge in [-0.2, -0.15) is 0 Å². The zero-order valence-corrected chi connectivity index (χ0v) is 11.1. The first kappa shape index (κ1) is 15.8. The minimum Gasteiger partial charge on any atom is -0.385 e. The van der Waals surface area contributed by atoms with Gasteiger partial charge in [-0.05, 0) is 32.7 Å². The van der Waals surface area contributed by atoms with Gasteiger partial charge in [-0.15, -0.1) is 0 Å². The molecule has 0 spiro atoms. The summed E-state index contributed by atoms with van der Waals surface area (Å²) in [4.78, 5) is 2.46. The van der Waals surface area contributed by atoms with Crippen LogP contribution in [0.1, 0.15) is 26.2 Å². The summed E-state index contributed by atoms with van der Waals surface area (Å²) in [6.07, 6.45) is 3.33. The second-order valence-electron chi connectivity index (χ2n) is 4.16. The zero-order valence-electron chi connectivity index (χ0n) is 11.1. The lowest BCUT2D eigenvalue weighted by molar-refractivity contribution is 0.108. The van der Waals surface area contributed by atoms with Crippen LogP contribution in [0.25, 0.3) is 0 Å². The van der Waals surface area contributed by atoms with E-state index in [0.29, 0.717) is 6.04 Å². The second-order valence-corrected chi connectivity index (χ2v) is 4.16. The molecule has 0 amide bonds. The van der Waals surface area contributed by atoms with Crippen molar-refractivity contribution in [3.63, 3.8) is 0 Å². The van der Waals surface area contributed by atoms with Crippen molar-refractivity contribution in [1.82, 2.24) is 4.90 Å². The smallest absolute Gasteiger partial charge is 0.0589 e. The van der Waals surface area contributed by atoms with Crippen molar-refractivity contribution in [2.24, 2.45) is 5.73 Å². The highest BCUT2D eigenvalue weighted by atomic mass is 16.5. The van der Waals surface area contributed by atoms with Gasteiger partial charge in [-0.3, -0.25) is 4.90 Å². The molecule has 0 aliphatic carbocycles. The van der Waals surface area contributed by atoms with Crippen LogP contribution in [0.3, 0.4) is 0 Å². The summed E-state index contributed by atoms with van der Waals surface area (Å²) in [5, 5.41) is 0. The van der Waals surface area contributed by atoms with Crippen molar-refractivity contribution < 1.29 is 9.47 Å². The third kappa shape index (κ3) is 8.05. The van der Waals surface area contributed by atoms with E-state index in [0.717, 1.165) is 52.1 Å². The van der Waals surface area contributed by atoms with Crippen LogP contribution in [0.4, 0.5) is 0 Å². The number of ether oxygens (including phenoxy) is 2. The number of hydrogen-bond acceptors (Lipinski definition) is 4. The Kier molecular flexibility index (Phi) is 11.2. The van der Waals surface area contributed by atoms with Gasteiger partial charge in [0.15, 0.2) is 0 Å². The van der Waals surface area contributed by atoms with Crippen molar-refractivity contribution in [3.8, 4) is 0 Å². The van der Waals surface area contributed by atoms with E-state index in [4.69, 9.17) is 15.2 Å². The van der Waals surface area contributed by atoms with Crippen LogP contribution in [-0.4, -0.2) is 58.0 Å². The van der Waals surface area contributed by atoms with E-state index < -0.39 is 0 Å². The number of methoxy groups -OCH3 is 2. The molecular formula is C12H28N2O2. The summed E-state index contributed by atoms with van der Waals surface area (Å²) in [5.41, 5.74) is 5.54. The highest BCUT2D eigenvalue weighted by molar-refractivity contribution is 4.67. The van der Waals surface area contributed by atoms with Crippen molar-refractivity contribution in [2.75, 3.05) is 47.1 Å². The predicted octanol–water partition coefficient (Wildman–Crippen LogP) is 1.10. The largest absolute Gasteiger partial charge is 0.385 e.